The maximum Gasteiger partial charge on any atom is 0.0670 e. The van der Waals surface area contributed by atoms with Crippen LogP contribution >= 0.6 is 11.6 Å². The number of ether oxygens (including phenoxy) is 1. The molecule has 0 aromatic heterocycles. The fraction of sp³-hybridized carbons (Fsp3) is 1.00. The Morgan fingerprint density at radius 3 is 2.57 bits per heavy atom. The molecule has 3 heteroatoms. The maximum absolute atomic E-state index is 5.82. The summed E-state index contributed by atoms with van der Waals surface area (Å²) < 4.78 is 5.30. The summed E-state index contributed by atoms with van der Waals surface area (Å²) in [5, 5.41) is 0. The van der Waals surface area contributed by atoms with E-state index in [1.54, 1.807) is 7.11 Å². The fourth-order valence-electron chi connectivity index (χ4n) is 2.21. The van der Waals surface area contributed by atoms with Crippen molar-refractivity contribution in [2.24, 2.45) is 0 Å². The summed E-state index contributed by atoms with van der Waals surface area (Å²) in [6.45, 7) is 4.14. The van der Waals surface area contributed by atoms with Crippen molar-refractivity contribution >= 4 is 11.6 Å². The van der Waals surface area contributed by atoms with Gasteiger partial charge >= 0.3 is 0 Å². The van der Waals surface area contributed by atoms with E-state index < -0.39 is 0 Å². The first-order valence-electron chi connectivity index (χ1n) is 5.60. The molecule has 2 nitrogen and oxygen atoms in total. The minimum atomic E-state index is 0.318. The molecule has 14 heavy (non-hydrogen) atoms. The third kappa shape index (κ3) is 3.76. The molecule has 0 radical (unpaired) electrons. The van der Waals surface area contributed by atoms with Gasteiger partial charge < -0.3 is 4.74 Å². The average Bonchev–Trinajstić information content (AvgIpc) is 2.69. The minimum absolute atomic E-state index is 0.318. The number of hydrogen-bond donors (Lipinski definition) is 0. The Bertz CT molecular complexity index is 148. The molecule has 1 fully saturated rings. The van der Waals surface area contributed by atoms with Crippen molar-refractivity contribution < 1.29 is 4.74 Å². The van der Waals surface area contributed by atoms with E-state index in [4.69, 9.17) is 16.3 Å². The SMILES string of the molecule is COC(C)CN(CCCl)C1CCCC1. The Hall–Kier alpha value is 0.210. The molecule has 1 unspecified atom stereocenters. The van der Waals surface area contributed by atoms with Gasteiger partial charge in [-0.05, 0) is 19.8 Å². The van der Waals surface area contributed by atoms with Crippen LogP contribution < -0.4 is 0 Å². The monoisotopic (exact) mass is 219 g/mol. The van der Waals surface area contributed by atoms with Crippen LogP contribution in [0.15, 0.2) is 0 Å². The van der Waals surface area contributed by atoms with E-state index in [1.165, 1.54) is 25.7 Å². The van der Waals surface area contributed by atoms with Gasteiger partial charge in [0, 0.05) is 32.1 Å². The zero-order valence-corrected chi connectivity index (χ0v) is 10.1. The topological polar surface area (TPSA) is 12.5 Å². The van der Waals surface area contributed by atoms with Gasteiger partial charge in [-0.25, -0.2) is 0 Å². The van der Waals surface area contributed by atoms with E-state index in [9.17, 15) is 0 Å². The molecule has 0 spiro atoms. The summed E-state index contributed by atoms with van der Waals surface area (Å²) in [5.41, 5.74) is 0. The molecule has 0 amide bonds. The highest BCUT2D eigenvalue weighted by Gasteiger charge is 2.23. The molecule has 1 atom stereocenters. The van der Waals surface area contributed by atoms with Gasteiger partial charge in [0.2, 0.25) is 0 Å². The quantitative estimate of drug-likeness (QED) is 0.637. The molecule has 0 aliphatic heterocycles. The second-order valence-electron chi connectivity index (χ2n) is 4.17. The molecule has 0 bridgehead atoms. The Kier molecular flexibility index (Phi) is 5.83. The molecular weight excluding hydrogens is 198 g/mol. The van der Waals surface area contributed by atoms with Crippen LogP contribution in [0.3, 0.4) is 0 Å². The summed E-state index contributed by atoms with van der Waals surface area (Å²) in [7, 11) is 1.78. The van der Waals surface area contributed by atoms with Crippen molar-refractivity contribution in [3.05, 3.63) is 0 Å². The smallest absolute Gasteiger partial charge is 0.0670 e. The zero-order chi connectivity index (χ0) is 10.4. The van der Waals surface area contributed by atoms with E-state index in [0.717, 1.165) is 25.0 Å². The van der Waals surface area contributed by atoms with Crippen LogP contribution in [0.1, 0.15) is 32.6 Å². The molecule has 0 aromatic carbocycles. The summed E-state index contributed by atoms with van der Waals surface area (Å²) in [6, 6.07) is 0.756. The summed E-state index contributed by atoms with van der Waals surface area (Å²) in [5.74, 6) is 0.729. The number of halogens is 1. The fourth-order valence-corrected chi connectivity index (χ4v) is 2.42. The molecule has 1 saturated carbocycles. The standard InChI is InChI=1S/C11H22ClNO/c1-10(14-2)9-13(8-7-12)11-5-3-4-6-11/h10-11H,3-9H2,1-2H3. The van der Waals surface area contributed by atoms with Crippen LogP contribution in [0.2, 0.25) is 0 Å². The Labute approximate surface area is 92.6 Å². The van der Waals surface area contributed by atoms with Gasteiger partial charge in [-0.3, -0.25) is 4.90 Å². The molecule has 84 valence electrons. The van der Waals surface area contributed by atoms with Gasteiger partial charge in [0.15, 0.2) is 0 Å². The third-order valence-corrected chi connectivity index (χ3v) is 3.28. The van der Waals surface area contributed by atoms with Gasteiger partial charge in [0.1, 0.15) is 0 Å². The number of hydrogen-bond acceptors (Lipinski definition) is 2. The molecule has 0 heterocycles. The normalized spacial score (nSPS) is 20.6. The molecule has 1 aliphatic rings. The highest BCUT2D eigenvalue weighted by Crippen LogP contribution is 2.23. The minimum Gasteiger partial charge on any atom is -0.380 e. The van der Waals surface area contributed by atoms with E-state index in [2.05, 4.69) is 11.8 Å². The van der Waals surface area contributed by atoms with Crippen LogP contribution in [0.4, 0.5) is 0 Å². The average molecular weight is 220 g/mol. The molecule has 0 aromatic rings. The first-order chi connectivity index (χ1) is 6.77. The van der Waals surface area contributed by atoms with Gasteiger partial charge in [0.25, 0.3) is 0 Å². The second-order valence-corrected chi connectivity index (χ2v) is 4.55. The maximum atomic E-state index is 5.82. The zero-order valence-electron chi connectivity index (χ0n) is 9.34. The third-order valence-electron chi connectivity index (χ3n) is 3.11. The van der Waals surface area contributed by atoms with Crippen LogP contribution in [-0.4, -0.2) is 43.1 Å². The van der Waals surface area contributed by atoms with Gasteiger partial charge in [-0.15, -0.1) is 11.6 Å². The first kappa shape index (κ1) is 12.3. The predicted molar refractivity (Wildman–Crippen MR) is 61.0 cm³/mol. The molecule has 1 rings (SSSR count). The van der Waals surface area contributed by atoms with Crippen LogP contribution in [0, 0.1) is 0 Å². The van der Waals surface area contributed by atoms with E-state index >= 15 is 0 Å². The van der Waals surface area contributed by atoms with E-state index in [-0.39, 0.29) is 0 Å². The van der Waals surface area contributed by atoms with Crippen molar-refractivity contribution in [1.29, 1.82) is 0 Å². The highest BCUT2D eigenvalue weighted by atomic mass is 35.5. The summed E-state index contributed by atoms with van der Waals surface area (Å²) in [4.78, 5) is 2.49. The number of methoxy groups -OCH3 is 1. The lowest BCUT2D eigenvalue weighted by molar-refractivity contribution is 0.0633. The number of rotatable bonds is 6. The van der Waals surface area contributed by atoms with Gasteiger partial charge in [-0.2, -0.15) is 0 Å². The predicted octanol–water partition coefficient (Wildman–Crippen LogP) is 2.50. The van der Waals surface area contributed by atoms with Crippen molar-refractivity contribution in [2.75, 3.05) is 26.1 Å². The lowest BCUT2D eigenvalue weighted by Gasteiger charge is -2.30. The molecule has 0 N–H and O–H groups in total. The lowest BCUT2D eigenvalue weighted by atomic mass is 10.2. The van der Waals surface area contributed by atoms with E-state index in [0.29, 0.717) is 6.10 Å². The molecule has 1 aliphatic carbocycles. The Morgan fingerprint density at radius 1 is 1.43 bits per heavy atom. The largest absolute Gasteiger partial charge is 0.380 e. The Balaban J connectivity index is 2.36. The summed E-state index contributed by atoms with van der Waals surface area (Å²) in [6.07, 6.45) is 5.76. The van der Waals surface area contributed by atoms with E-state index in [1.807, 2.05) is 0 Å². The van der Waals surface area contributed by atoms with Gasteiger partial charge in [0.05, 0.1) is 6.10 Å². The van der Waals surface area contributed by atoms with Crippen molar-refractivity contribution in [1.82, 2.24) is 4.90 Å². The van der Waals surface area contributed by atoms with Crippen LogP contribution in [-0.2, 0) is 4.74 Å². The first-order valence-corrected chi connectivity index (χ1v) is 6.14. The van der Waals surface area contributed by atoms with Gasteiger partial charge in [-0.1, -0.05) is 12.8 Å². The number of alkyl halides is 1. The van der Waals surface area contributed by atoms with Crippen molar-refractivity contribution in [2.45, 2.75) is 44.8 Å². The molecule has 0 saturated heterocycles. The van der Waals surface area contributed by atoms with Crippen LogP contribution in [0.5, 0.6) is 0 Å². The van der Waals surface area contributed by atoms with Crippen molar-refractivity contribution in [3.63, 3.8) is 0 Å². The second kappa shape index (κ2) is 6.65. The summed E-state index contributed by atoms with van der Waals surface area (Å²) >= 11 is 5.82. The van der Waals surface area contributed by atoms with Crippen LogP contribution in [0.25, 0.3) is 0 Å². The lowest BCUT2D eigenvalue weighted by Crippen LogP contribution is -2.40. The highest BCUT2D eigenvalue weighted by molar-refractivity contribution is 6.18. The van der Waals surface area contributed by atoms with Crippen molar-refractivity contribution in [3.8, 4) is 0 Å². The number of nitrogens with zero attached hydrogens (tertiary/aromatic N) is 1. The molecular formula is C11H22ClNO. The Morgan fingerprint density at radius 2 is 2.07 bits per heavy atom.